The lowest BCUT2D eigenvalue weighted by molar-refractivity contribution is -0.226. The number of halogens is 4. The largest absolute Gasteiger partial charge is 0.371 e. The summed E-state index contributed by atoms with van der Waals surface area (Å²) in [6.45, 7) is 0. The molecule has 0 amide bonds. The Balaban J connectivity index is 2.36. The van der Waals surface area contributed by atoms with Crippen LogP contribution in [0.5, 0.6) is 0 Å². The average molecular weight is 296 g/mol. The molecule has 1 heterocycles. The first-order valence-corrected chi connectivity index (χ1v) is 5.42. The quantitative estimate of drug-likeness (QED) is 0.835. The molecule has 0 spiro atoms. The molecule has 0 bridgehead atoms. The summed E-state index contributed by atoms with van der Waals surface area (Å²) in [4.78, 5) is 3.83. The molecule has 6 heteroatoms. The van der Waals surface area contributed by atoms with E-state index in [1.54, 1.807) is 0 Å². The van der Waals surface area contributed by atoms with E-state index in [-0.39, 0.29) is 5.69 Å². The maximum atomic E-state index is 13.6. The fourth-order valence-corrected chi connectivity index (χ4v) is 2.25. The van der Waals surface area contributed by atoms with Crippen molar-refractivity contribution in [2.45, 2.75) is 24.4 Å². The van der Waals surface area contributed by atoms with Gasteiger partial charge in [0.15, 0.2) is 0 Å². The van der Waals surface area contributed by atoms with Crippen molar-refractivity contribution in [2.75, 3.05) is 7.11 Å². The van der Waals surface area contributed by atoms with Gasteiger partial charge in [0.25, 0.3) is 5.92 Å². The fourth-order valence-electron chi connectivity index (χ4n) is 1.94. The SMILES string of the molecule is COC1(c2ncc(Br)cc2F)CC(F)(F)C1. The smallest absolute Gasteiger partial charge is 0.254 e. The Morgan fingerprint density at radius 1 is 1.44 bits per heavy atom. The molecule has 1 aliphatic carbocycles. The van der Waals surface area contributed by atoms with E-state index in [9.17, 15) is 13.2 Å². The van der Waals surface area contributed by atoms with Gasteiger partial charge in [-0.3, -0.25) is 4.98 Å². The van der Waals surface area contributed by atoms with Crippen molar-refractivity contribution in [1.29, 1.82) is 0 Å². The van der Waals surface area contributed by atoms with Gasteiger partial charge in [0.1, 0.15) is 17.1 Å². The minimum Gasteiger partial charge on any atom is -0.371 e. The van der Waals surface area contributed by atoms with E-state index >= 15 is 0 Å². The third-order valence-corrected chi connectivity index (χ3v) is 3.15. The van der Waals surface area contributed by atoms with Gasteiger partial charge in [-0.15, -0.1) is 0 Å². The Morgan fingerprint density at radius 2 is 2.06 bits per heavy atom. The number of rotatable bonds is 2. The minimum absolute atomic E-state index is 0.0517. The number of hydrogen-bond acceptors (Lipinski definition) is 2. The average Bonchev–Trinajstić information content (AvgIpc) is 2.13. The monoisotopic (exact) mass is 295 g/mol. The van der Waals surface area contributed by atoms with E-state index in [2.05, 4.69) is 20.9 Å². The van der Waals surface area contributed by atoms with Crippen LogP contribution in [0.1, 0.15) is 18.5 Å². The van der Waals surface area contributed by atoms with Crippen LogP contribution in [0, 0.1) is 5.82 Å². The van der Waals surface area contributed by atoms with Gasteiger partial charge in [0.05, 0.1) is 0 Å². The van der Waals surface area contributed by atoms with E-state index in [0.717, 1.165) is 0 Å². The molecule has 1 aromatic heterocycles. The normalized spacial score (nSPS) is 21.6. The number of methoxy groups -OCH3 is 1. The first-order valence-electron chi connectivity index (χ1n) is 4.63. The molecule has 1 aliphatic rings. The summed E-state index contributed by atoms with van der Waals surface area (Å²) < 4.78 is 44.8. The van der Waals surface area contributed by atoms with Crippen LogP contribution in [0.15, 0.2) is 16.7 Å². The second kappa shape index (κ2) is 3.70. The predicted molar refractivity (Wildman–Crippen MR) is 54.8 cm³/mol. The van der Waals surface area contributed by atoms with Crippen LogP contribution in [0.3, 0.4) is 0 Å². The first-order chi connectivity index (χ1) is 7.38. The topological polar surface area (TPSA) is 22.1 Å². The third kappa shape index (κ3) is 1.84. The molecule has 1 fully saturated rings. The summed E-state index contributed by atoms with van der Waals surface area (Å²) in [5.41, 5.74) is -1.34. The van der Waals surface area contributed by atoms with Crippen LogP contribution in [-0.4, -0.2) is 18.0 Å². The van der Waals surface area contributed by atoms with Gasteiger partial charge in [-0.2, -0.15) is 0 Å². The molecule has 1 saturated carbocycles. The Hall–Kier alpha value is -0.620. The Morgan fingerprint density at radius 3 is 2.50 bits per heavy atom. The summed E-state index contributed by atoms with van der Waals surface area (Å²) in [5, 5.41) is 0. The second-order valence-electron chi connectivity index (χ2n) is 3.89. The van der Waals surface area contributed by atoms with E-state index in [4.69, 9.17) is 4.74 Å². The lowest BCUT2D eigenvalue weighted by Gasteiger charge is -2.45. The van der Waals surface area contributed by atoms with Crippen molar-refractivity contribution < 1.29 is 17.9 Å². The van der Waals surface area contributed by atoms with Gasteiger partial charge < -0.3 is 4.74 Å². The van der Waals surface area contributed by atoms with Crippen LogP contribution in [-0.2, 0) is 10.3 Å². The van der Waals surface area contributed by atoms with Crippen LogP contribution in [0.2, 0.25) is 0 Å². The molecule has 0 aliphatic heterocycles. The van der Waals surface area contributed by atoms with Gasteiger partial charge in [-0.05, 0) is 22.0 Å². The Labute approximate surface area is 98.9 Å². The van der Waals surface area contributed by atoms with E-state index in [1.807, 2.05) is 0 Å². The fraction of sp³-hybridized carbons (Fsp3) is 0.500. The molecule has 0 unspecified atom stereocenters. The molecule has 1 aromatic rings. The first kappa shape index (κ1) is 11.9. The second-order valence-corrected chi connectivity index (χ2v) is 4.81. The Bertz CT molecular complexity index is 417. The predicted octanol–water partition coefficient (Wildman–Crippen LogP) is 3.25. The van der Waals surface area contributed by atoms with E-state index in [0.29, 0.717) is 4.47 Å². The molecule has 0 saturated heterocycles. The summed E-state index contributed by atoms with van der Waals surface area (Å²) in [6, 6.07) is 1.19. The molecular weight excluding hydrogens is 287 g/mol. The highest BCUT2D eigenvalue weighted by atomic mass is 79.9. The molecule has 88 valence electrons. The van der Waals surface area contributed by atoms with Crippen molar-refractivity contribution in [2.24, 2.45) is 0 Å². The number of pyridine rings is 1. The van der Waals surface area contributed by atoms with Gasteiger partial charge in [0.2, 0.25) is 0 Å². The van der Waals surface area contributed by atoms with Crippen LogP contribution < -0.4 is 0 Å². The standard InChI is InChI=1S/C10H9BrF3NO/c1-16-9(4-10(13,14)5-9)8-7(12)2-6(11)3-15-8/h2-3H,4-5H2,1H3. The molecule has 16 heavy (non-hydrogen) atoms. The molecule has 0 atom stereocenters. The number of nitrogens with zero attached hydrogens (tertiary/aromatic N) is 1. The highest BCUT2D eigenvalue weighted by Crippen LogP contribution is 2.53. The summed E-state index contributed by atoms with van der Waals surface area (Å²) >= 11 is 3.06. The summed E-state index contributed by atoms with van der Waals surface area (Å²) in [6.07, 6.45) is 0.319. The van der Waals surface area contributed by atoms with Crippen LogP contribution >= 0.6 is 15.9 Å². The molecule has 0 aromatic carbocycles. The van der Waals surface area contributed by atoms with E-state index < -0.39 is 30.2 Å². The lowest BCUT2D eigenvalue weighted by Crippen LogP contribution is -2.51. The molecule has 2 rings (SSSR count). The van der Waals surface area contributed by atoms with Gasteiger partial charge in [0, 0.05) is 30.6 Å². The zero-order valence-electron chi connectivity index (χ0n) is 8.44. The van der Waals surface area contributed by atoms with Crippen molar-refractivity contribution in [3.05, 3.63) is 28.2 Å². The van der Waals surface area contributed by atoms with Gasteiger partial charge in [-0.1, -0.05) is 0 Å². The minimum atomic E-state index is -2.79. The summed E-state index contributed by atoms with van der Waals surface area (Å²) in [5.74, 6) is -3.43. The number of hydrogen-bond donors (Lipinski definition) is 0. The zero-order chi connectivity index (χ0) is 12.0. The maximum Gasteiger partial charge on any atom is 0.254 e. The van der Waals surface area contributed by atoms with Crippen molar-refractivity contribution in [3.8, 4) is 0 Å². The number of aromatic nitrogens is 1. The highest BCUT2D eigenvalue weighted by molar-refractivity contribution is 9.10. The highest BCUT2D eigenvalue weighted by Gasteiger charge is 2.59. The molecular formula is C10H9BrF3NO. The Kier molecular flexibility index (Phi) is 2.74. The van der Waals surface area contributed by atoms with Crippen LogP contribution in [0.4, 0.5) is 13.2 Å². The summed E-state index contributed by atoms with van der Waals surface area (Å²) in [7, 11) is 1.29. The number of ether oxygens (including phenoxy) is 1. The third-order valence-electron chi connectivity index (χ3n) is 2.72. The van der Waals surface area contributed by atoms with Gasteiger partial charge >= 0.3 is 0 Å². The number of alkyl halides is 2. The van der Waals surface area contributed by atoms with E-state index in [1.165, 1.54) is 19.4 Å². The molecule has 0 N–H and O–H groups in total. The maximum absolute atomic E-state index is 13.6. The van der Waals surface area contributed by atoms with Crippen molar-refractivity contribution >= 4 is 15.9 Å². The zero-order valence-corrected chi connectivity index (χ0v) is 10.0. The molecule has 2 nitrogen and oxygen atoms in total. The van der Waals surface area contributed by atoms with Crippen molar-refractivity contribution in [1.82, 2.24) is 4.98 Å². The van der Waals surface area contributed by atoms with Gasteiger partial charge in [-0.25, -0.2) is 13.2 Å². The van der Waals surface area contributed by atoms with Crippen molar-refractivity contribution in [3.63, 3.8) is 0 Å². The van der Waals surface area contributed by atoms with Crippen LogP contribution in [0.25, 0.3) is 0 Å². The molecule has 0 radical (unpaired) electrons. The lowest BCUT2D eigenvalue weighted by atomic mass is 9.73.